The summed E-state index contributed by atoms with van der Waals surface area (Å²) in [6.07, 6.45) is 2.98. The van der Waals surface area contributed by atoms with E-state index in [1.165, 1.54) is 6.20 Å². The molecule has 2 rings (SSSR count). The number of aromatic nitrogens is 1. The van der Waals surface area contributed by atoms with E-state index in [4.69, 9.17) is 16.7 Å². The van der Waals surface area contributed by atoms with Crippen molar-refractivity contribution in [3.05, 3.63) is 29.0 Å². The molecule has 0 aromatic carbocycles. The normalized spacial score (nSPS) is 18.9. The minimum absolute atomic E-state index is 0.00718. The Hall–Kier alpha value is -1.62. The van der Waals surface area contributed by atoms with Gasteiger partial charge in [-0.3, -0.25) is 9.59 Å². The van der Waals surface area contributed by atoms with Crippen LogP contribution in [0.5, 0.6) is 0 Å². The van der Waals surface area contributed by atoms with E-state index in [1.807, 2.05) is 0 Å². The van der Waals surface area contributed by atoms with Crippen molar-refractivity contribution in [2.45, 2.75) is 25.3 Å². The first-order valence-electron chi connectivity index (χ1n) is 5.72. The lowest BCUT2D eigenvalue weighted by molar-refractivity contribution is -0.137. The third kappa shape index (κ3) is 2.79. The van der Waals surface area contributed by atoms with Crippen LogP contribution in [-0.4, -0.2) is 39.5 Å². The first kappa shape index (κ1) is 12.8. The quantitative estimate of drug-likeness (QED) is 0.849. The molecule has 1 atom stereocenters. The van der Waals surface area contributed by atoms with Gasteiger partial charge in [0.2, 0.25) is 0 Å². The Bertz CT molecular complexity index is 461. The number of carbonyl (C=O) groups excluding carboxylic acids is 1. The highest BCUT2D eigenvalue weighted by atomic mass is 35.5. The summed E-state index contributed by atoms with van der Waals surface area (Å²) >= 11 is 5.66. The number of nitrogens with zero attached hydrogens (tertiary/aromatic N) is 2. The van der Waals surface area contributed by atoms with E-state index in [0.29, 0.717) is 17.3 Å². The fraction of sp³-hybridized carbons (Fsp3) is 0.417. The van der Waals surface area contributed by atoms with Gasteiger partial charge in [-0.1, -0.05) is 11.6 Å². The van der Waals surface area contributed by atoms with Gasteiger partial charge in [0.05, 0.1) is 12.0 Å². The van der Waals surface area contributed by atoms with E-state index < -0.39 is 5.97 Å². The van der Waals surface area contributed by atoms with Crippen molar-refractivity contribution in [2.24, 2.45) is 0 Å². The van der Waals surface area contributed by atoms with Gasteiger partial charge in [0.25, 0.3) is 5.91 Å². The van der Waals surface area contributed by atoms with Gasteiger partial charge in [0, 0.05) is 18.8 Å². The lowest BCUT2D eigenvalue weighted by Gasteiger charge is -2.23. The summed E-state index contributed by atoms with van der Waals surface area (Å²) in [5, 5.41) is 9.14. The lowest BCUT2D eigenvalue weighted by atomic mass is 10.1. The number of carbonyl (C=O) groups is 2. The molecule has 1 saturated heterocycles. The molecule has 0 radical (unpaired) electrons. The van der Waals surface area contributed by atoms with Crippen molar-refractivity contribution in [1.82, 2.24) is 9.88 Å². The van der Waals surface area contributed by atoms with Gasteiger partial charge in [-0.15, -0.1) is 0 Å². The number of rotatable bonds is 3. The summed E-state index contributed by atoms with van der Waals surface area (Å²) in [7, 11) is 0. The third-order valence-electron chi connectivity index (χ3n) is 3.02. The molecule has 18 heavy (non-hydrogen) atoms. The summed E-state index contributed by atoms with van der Waals surface area (Å²) < 4.78 is 0. The van der Waals surface area contributed by atoms with Gasteiger partial charge in [-0.05, 0) is 25.0 Å². The van der Waals surface area contributed by atoms with Crippen molar-refractivity contribution in [1.29, 1.82) is 0 Å². The molecule has 0 bridgehead atoms. The van der Waals surface area contributed by atoms with E-state index in [0.717, 1.165) is 12.8 Å². The predicted octanol–water partition coefficient (Wildman–Crippen LogP) is 1.81. The number of aliphatic carboxylic acids is 1. The predicted molar refractivity (Wildman–Crippen MR) is 65.6 cm³/mol. The summed E-state index contributed by atoms with van der Waals surface area (Å²) in [5.74, 6) is -1.06. The Labute approximate surface area is 109 Å². The van der Waals surface area contributed by atoms with Crippen LogP contribution in [0.2, 0.25) is 5.15 Å². The van der Waals surface area contributed by atoms with Crippen LogP contribution >= 0.6 is 11.6 Å². The fourth-order valence-corrected chi connectivity index (χ4v) is 2.30. The molecule has 6 heteroatoms. The molecule has 1 fully saturated rings. The van der Waals surface area contributed by atoms with Gasteiger partial charge >= 0.3 is 5.97 Å². The molecule has 2 heterocycles. The highest BCUT2D eigenvalue weighted by Gasteiger charge is 2.30. The van der Waals surface area contributed by atoms with E-state index in [2.05, 4.69) is 4.98 Å². The van der Waals surface area contributed by atoms with Crippen LogP contribution in [0.1, 0.15) is 29.6 Å². The molecule has 0 spiro atoms. The molecule has 5 nitrogen and oxygen atoms in total. The molecule has 1 aliphatic rings. The highest BCUT2D eigenvalue weighted by Crippen LogP contribution is 2.22. The number of carboxylic acids is 1. The number of hydrogen-bond donors (Lipinski definition) is 1. The summed E-state index contributed by atoms with van der Waals surface area (Å²) in [6, 6.07) is 2.94. The fourth-order valence-electron chi connectivity index (χ4n) is 2.19. The Morgan fingerprint density at radius 2 is 2.28 bits per heavy atom. The van der Waals surface area contributed by atoms with Crippen molar-refractivity contribution >= 4 is 23.5 Å². The molecule has 0 aliphatic carbocycles. The molecule has 0 saturated carbocycles. The smallest absolute Gasteiger partial charge is 0.305 e. The average Bonchev–Trinajstić information content (AvgIpc) is 2.76. The zero-order chi connectivity index (χ0) is 13.1. The Morgan fingerprint density at radius 3 is 2.89 bits per heavy atom. The molecule has 1 aromatic heterocycles. The van der Waals surface area contributed by atoms with Crippen molar-refractivity contribution < 1.29 is 14.7 Å². The van der Waals surface area contributed by atoms with E-state index in [9.17, 15) is 9.59 Å². The van der Waals surface area contributed by atoms with E-state index >= 15 is 0 Å². The summed E-state index contributed by atoms with van der Waals surface area (Å²) in [5.41, 5.74) is 0.441. The molecule has 1 aliphatic heterocycles. The molecule has 96 valence electrons. The lowest BCUT2D eigenvalue weighted by Crippen LogP contribution is -2.36. The zero-order valence-electron chi connectivity index (χ0n) is 9.67. The highest BCUT2D eigenvalue weighted by molar-refractivity contribution is 6.29. The number of pyridine rings is 1. The first-order valence-corrected chi connectivity index (χ1v) is 6.10. The number of halogens is 1. The van der Waals surface area contributed by atoms with Crippen molar-refractivity contribution in [2.75, 3.05) is 6.54 Å². The van der Waals surface area contributed by atoms with E-state index in [-0.39, 0.29) is 18.4 Å². The van der Waals surface area contributed by atoms with E-state index in [1.54, 1.807) is 17.0 Å². The summed E-state index contributed by atoms with van der Waals surface area (Å²) in [4.78, 5) is 28.4. The van der Waals surface area contributed by atoms with Crippen LogP contribution in [-0.2, 0) is 4.79 Å². The van der Waals surface area contributed by atoms with Gasteiger partial charge in [-0.25, -0.2) is 4.98 Å². The van der Waals surface area contributed by atoms with Crippen molar-refractivity contribution in [3.63, 3.8) is 0 Å². The SMILES string of the molecule is O=C(O)CC1CCCN1C(=O)c1ccc(Cl)nc1. The van der Waals surface area contributed by atoms with Gasteiger partial charge in [-0.2, -0.15) is 0 Å². The summed E-state index contributed by atoms with van der Waals surface area (Å²) in [6.45, 7) is 0.597. The molecule has 1 amide bonds. The van der Waals surface area contributed by atoms with Crippen LogP contribution in [0.15, 0.2) is 18.3 Å². The minimum Gasteiger partial charge on any atom is -0.481 e. The second kappa shape index (κ2) is 5.35. The zero-order valence-corrected chi connectivity index (χ0v) is 10.4. The monoisotopic (exact) mass is 268 g/mol. The van der Waals surface area contributed by atoms with Crippen LogP contribution in [0.25, 0.3) is 0 Å². The van der Waals surface area contributed by atoms with Crippen molar-refractivity contribution in [3.8, 4) is 0 Å². The van der Waals surface area contributed by atoms with Gasteiger partial charge < -0.3 is 10.0 Å². The van der Waals surface area contributed by atoms with Crippen LogP contribution < -0.4 is 0 Å². The molecule has 1 unspecified atom stereocenters. The van der Waals surface area contributed by atoms with Crippen LogP contribution in [0.4, 0.5) is 0 Å². The van der Waals surface area contributed by atoms with Gasteiger partial charge in [0.1, 0.15) is 5.15 Å². The molecular formula is C12H13ClN2O3. The van der Waals surface area contributed by atoms with Crippen LogP contribution in [0, 0.1) is 0 Å². The van der Waals surface area contributed by atoms with Crippen LogP contribution in [0.3, 0.4) is 0 Å². The first-order chi connectivity index (χ1) is 8.58. The second-order valence-electron chi connectivity index (χ2n) is 4.26. The second-order valence-corrected chi connectivity index (χ2v) is 4.65. The number of likely N-dealkylation sites (tertiary alicyclic amines) is 1. The van der Waals surface area contributed by atoms with Gasteiger partial charge in [0.15, 0.2) is 0 Å². The molecule has 1 aromatic rings. The number of amides is 1. The Kier molecular flexibility index (Phi) is 3.81. The third-order valence-corrected chi connectivity index (χ3v) is 3.25. The number of carboxylic acid groups (broad SMARTS) is 1. The topological polar surface area (TPSA) is 70.5 Å². The Balaban J connectivity index is 2.12. The maximum atomic E-state index is 12.2. The number of hydrogen-bond acceptors (Lipinski definition) is 3. The molecule has 1 N–H and O–H groups in total. The molecular weight excluding hydrogens is 256 g/mol. The maximum Gasteiger partial charge on any atom is 0.305 e. The standard InChI is InChI=1S/C12H13ClN2O3/c13-10-4-3-8(7-14-10)12(18)15-5-1-2-9(15)6-11(16)17/h3-4,7,9H,1-2,5-6H2,(H,16,17). The maximum absolute atomic E-state index is 12.2. The minimum atomic E-state index is -0.881. The largest absolute Gasteiger partial charge is 0.481 e. The average molecular weight is 269 g/mol. The Morgan fingerprint density at radius 1 is 1.50 bits per heavy atom.